The van der Waals surface area contributed by atoms with Gasteiger partial charge in [0.2, 0.25) is 0 Å². The molecule has 0 amide bonds. The fourth-order valence-electron chi connectivity index (χ4n) is 1.26. The van der Waals surface area contributed by atoms with Gasteiger partial charge in [-0.2, -0.15) is 0 Å². The van der Waals surface area contributed by atoms with E-state index in [9.17, 15) is 0 Å². The second-order valence-electron chi connectivity index (χ2n) is 2.68. The summed E-state index contributed by atoms with van der Waals surface area (Å²) in [6, 6.07) is 2.02. The van der Waals surface area contributed by atoms with E-state index in [-0.39, 0.29) is 0 Å². The molecule has 0 radical (unpaired) electrons. The first kappa shape index (κ1) is 6.40. The predicted octanol–water partition coefficient (Wildman–Crippen LogP) is -0.488. The van der Waals surface area contributed by atoms with Gasteiger partial charge in [-0.3, -0.25) is 4.98 Å². The summed E-state index contributed by atoms with van der Waals surface area (Å²) in [7, 11) is 0. The summed E-state index contributed by atoms with van der Waals surface area (Å²) in [5.74, 6) is 0. The zero-order valence-electron chi connectivity index (χ0n) is 6.46. The van der Waals surface area contributed by atoms with E-state index in [0.717, 1.165) is 11.9 Å². The van der Waals surface area contributed by atoms with Crippen LogP contribution in [0.5, 0.6) is 0 Å². The van der Waals surface area contributed by atoms with Gasteiger partial charge in [0.1, 0.15) is 0 Å². The van der Waals surface area contributed by atoms with E-state index < -0.39 is 0 Å². The van der Waals surface area contributed by atoms with Crippen molar-refractivity contribution in [2.75, 3.05) is 6.54 Å². The number of hydrogen-bond acceptors (Lipinski definition) is 2. The Morgan fingerprint density at radius 2 is 2.45 bits per heavy atom. The third-order valence-electron chi connectivity index (χ3n) is 1.90. The van der Waals surface area contributed by atoms with Crippen LogP contribution in [-0.4, -0.2) is 11.5 Å². The average molecular weight is 146 g/mol. The van der Waals surface area contributed by atoms with Crippen LogP contribution in [0.3, 0.4) is 0 Å². The molecule has 0 fully saturated rings. The van der Waals surface area contributed by atoms with E-state index in [2.05, 4.69) is 23.3 Å². The second-order valence-corrected chi connectivity index (χ2v) is 2.68. The van der Waals surface area contributed by atoms with Gasteiger partial charge in [-0.1, -0.05) is 0 Å². The number of nitrogens with one attached hydrogen (secondary N) is 1. The minimum atomic E-state index is 0.892. The molecule has 2 rings (SSSR count). The van der Waals surface area contributed by atoms with Crippen LogP contribution in [0.15, 0.2) is 12.3 Å². The van der Waals surface area contributed by atoms with Crippen molar-refractivity contribution in [3.8, 4) is 0 Å². The number of pyridine rings is 1. The molecule has 2 heteroatoms. The van der Waals surface area contributed by atoms with Gasteiger partial charge >= 0.3 is 0 Å². The van der Waals surface area contributed by atoms with Crippen molar-refractivity contribution in [3.63, 3.8) is 0 Å². The molecule has 0 saturated carbocycles. The first-order chi connectivity index (χ1) is 5.38. The predicted molar refractivity (Wildman–Crippen MR) is 45.2 cm³/mol. The third-order valence-corrected chi connectivity index (χ3v) is 1.90. The quantitative estimate of drug-likeness (QED) is 0.534. The summed E-state index contributed by atoms with van der Waals surface area (Å²) in [5, 5.41) is 5.48. The minimum Gasteiger partial charge on any atom is -0.387 e. The van der Waals surface area contributed by atoms with Crippen LogP contribution in [0.4, 0.5) is 0 Å². The van der Waals surface area contributed by atoms with E-state index in [1.807, 2.05) is 18.5 Å². The molecule has 0 saturated heterocycles. The highest BCUT2D eigenvalue weighted by Crippen LogP contribution is 1.82. The SMILES string of the molecule is Cc1ccnc2c1=CNCC=2. The van der Waals surface area contributed by atoms with E-state index >= 15 is 0 Å². The molecule has 1 N–H and O–H groups in total. The van der Waals surface area contributed by atoms with Crippen LogP contribution in [-0.2, 0) is 0 Å². The lowest BCUT2D eigenvalue weighted by Crippen LogP contribution is -2.36. The molecule has 11 heavy (non-hydrogen) atoms. The van der Waals surface area contributed by atoms with Crippen molar-refractivity contribution in [2.24, 2.45) is 0 Å². The summed E-state index contributed by atoms with van der Waals surface area (Å²) < 4.78 is 0. The Morgan fingerprint density at radius 1 is 1.55 bits per heavy atom. The molecular weight excluding hydrogens is 136 g/mol. The molecule has 1 aromatic rings. The second kappa shape index (κ2) is 2.38. The van der Waals surface area contributed by atoms with Crippen LogP contribution >= 0.6 is 0 Å². The van der Waals surface area contributed by atoms with E-state index in [0.29, 0.717) is 0 Å². The van der Waals surface area contributed by atoms with E-state index in [1.165, 1.54) is 10.8 Å². The summed E-state index contributed by atoms with van der Waals surface area (Å²) >= 11 is 0. The van der Waals surface area contributed by atoms with Crippen LogP contribution in [0.1, 0.15) is 5.56 Å². The van der Waals surface area contributed by atoms with Crippen molar-refractivity contribution in [2.45, 2.75) is 6.92 Å². The Kier molecular flexibility index (Phi) is 1.39. The number of hydrogen-bond donors (Lipinski definition) is 1. The van der Waals surface area contributed by atoms with Gasteiger partial charge in [0.15, 0.2) is 0 Å². The fourth-order valence-corrected chi connectivity index (χ4v) is 1.26. The molecule has 2 nitrogen and oxygen atoms in total. The van der Waals surface area contributed by atoms with Gasteiger partial charge in [-0.25, -0.2) is 0 Å². The molecule has 0 spiro atoms. The van der Waals surface area contributed by atoms with Crippen LogP contribution in [0.25, 0.3) is 12.3 Å². The van der Waals surface area contributed by atoms with Crippen molar-refractivity contribution in [1.29, 1.82) is 0 Å². The molecule has 1 aromatic heterocycles. The summed E-state index contributed by atoms with van der Waals surface area (Å²) in [5.41, 5.74) is 1.28. The highest BCUT2D eigenvalue weighted by atomic mass is 14.8. The molecule has 0 atom stereocenters. The number of rotatable bonds is 0. The third kappa shape index (κ3) is 1.00. The topological polar surface area (TPSA) is 24.9 Å². The fraction of sp³-hybridized carbons (Fsp3) is 0.222. The van der Waals surface area contributed by atoms with Gasteiger partial charge in [0, 0.05) is 24.2 Å². The van der Waals surface area contributed by atoms with Crippen molar-refractivity contribution >= 4 is 12.3 Å². The number of nitrogens with zero attached hydrogens (tertiary/aromatic N) is 1. The molecule has 1 aliphatic rings. The maximum atomic E-state index is 4.25. The van der Waals surface area contributed by atoms with Gasteiger partial charge in [-0.15, -0.1) is 0 Å². The highest BCUT2D eigenvalue weighted by Gasteiger charge is 1.94. The normalized spacial score (nSPS) is 13.9. The van der Waals surface area contributed by atoms with Crippen molar-refractivity contribution in [3.05, 3.63) is 28.4 Å². The van der Waals surface area contributed by atoms with E-state index in [4.69, 9.17) is 0 Å². The van der Waals surface area contributed by atoms with E-state index in [1.54, 1.807) is 0 Å². The lowest BCUT2D eigenvalue weighted by atomic mass is 10.2. The molecule has 2 heterocycles. The van der Waals surface area contributed by atoms with Gasteiger partial charge < -0.3 is 5.32 Å². The molecule has 0 aromatic carbocycles. The van der Waals surface area contributed by atoms with Gasteiger partial charge in [0.25, 0.3) is 0 Å². The first-order valence-corrected chi connectivity index (χ1v) is 3.73. The Hall–Kier alpha value is -1.31. The molecule has 0 bridgehead atoms. The van der Waals surface area contributed by atoms with Crippen LogP contribution in [0.2, 0.25) is 0 Å². The molecule has 0 aliphatic carbocycles. The van der Waals surface area contributed by atoms with Gasteiger partial charge in [-0.05, 0) is 24.6 Å². The van der Waals surface area contributed by atoms with Crippen molar-refractivity contribution in [1.82, 2.24) is 10.3 Å². The summed E-state index contributed by atoms with van der Waals surface area (Å²) in [6.07, 6.45) is 5.98. The standard InChI is InChI=1S/C9H10N2/c1-7-2-5-11-9-3-4-10-6-8(7)9/h2-3,5-6,10H,4H2,1H3. The summed E-state index contributed by atoms with van der Waals surface area (Å²) in [6.45, 7) is 2.99. The maximum Gasteiger partial charge on any atom is 0.0696 e. The average Bonchev–Trinajstić information content (AvgIpc) is 2.06. The highest BCUT2D eigenvalue weighted by molar-refractivity contribution is 5.37. The molecular formula is C9H10N2. The Bertz CT molecular complexity index is 379. The monoisotopic (exact) mass is 146 g/mol. The Morgan fingerprint density at radius 3 is 3.27 bits per heavy atom. The molecule has 0 unspecified atom stereocenters. The molecule has 1 aliphatic heterocycles. The number of fused-ring (bicyclic) bond motifs is 1. The lowest BCUT2D eigenvalue weighted by Gasteiger charge is -2.03. The summed E-state index contributed by atoms with van der Waals surface area (Å²) in [4.78, 5) is 4.25. The Labute approximate surface area is 65.3 Å². The van der Waals surface area contributed by atoms with Crippen LogP contribution in [0, 0.1) is 6.92 Å². The zero-order chi connectivity index (χ0) is 7.68. The van der Waals surface area contributed by atoms with Gasteiger partial charge in [0.05, 0.1) is 5.35 Å². The van der Waals surface area contributed by atoms with Crippen molar-refractivity contribution < 1.29 is 0 Å². The smallest absolute Gasteiger partial charge is 0.0696 e. The molecule has 56 valence electrons. The minimum absolute atomic E-state index is 0.892. The zero-order valence-corrected chi connectivity index (χ0v) is 6.46. The lowest BCUT2D eigenvalue weighted by molar-refractivity contribution is 1.02. The first-order valence-electron chi connectivity index (χ1n) is 3.73. The maximum absolute atomic E-state index is 4.25. The number of aromatic nitrogens is 1. The van der Waals surface area contributed by atoms with Crippen LogP contribution < -0.4 is 15.9 Å². The number of aryl methyl sites for hydroxylation is 1. The largest absolute Gasteiger partial charge is 0.387 e. The Balaban J connectivity index is 2.88.